The summed E-state index contributed by atoms with van der Waals surface area (Å²) in [6.45, 7) is 35.5. The minimum atomic E-state index is -3.85. The lowest BCUT2D eigenvalue weighted by Gasteiger charge is -2.18. The second-order valence-electron chi connectivity index (χ2n) is 18.7. The van der Waals surface area contributed by atoms with Gasteiger partial charge in [0, 0.05) is 23.2 Å². The molecule has 0 saturated carbocycles. The molecule has 360 valence electrons. The summed E-state index contributed by atoms with van der Waals surface area (Å²) < 4.78 is 39.6. The molecule has 1 aliphatic rings. The van der Waals surface area contributed by atoms with Crippen LogP contribution in [-0.2, 0) is 42.2 Å². The SMILES string of the molecule is CC(=O)C(C)(C)C.CC(=O)Cn1nnnc1C(C)C.CC(C)(C)B(O)O.CC(C)(C)P(=O)(O)O.CC(C)(C)S(=O)(=O)O.CC(C)C1=NCN=N1.CC(C)c1nnn(CC(=O)O)n1. The first kappa shape index (κ1) is 64.9. The standard InChI is InChI=1S/C7H12N4O.C6H10N4O2.C6H12O.C5H9N3.C4H11BO2.C4H11O3P.C4H10O3S/c1-5(2)7-8-9-10-11(7)4-6(3)12;1-4(2)6-7-9-10(8-6)3-5(11)12;1-5(7)6(2,3)4;1-4(2)5-6-3-7-8-5;1-4(2,3)5(6)7;2*1-4(2,3)8(5,6)7/h5H,4H2,1-3H3;4H,3H2,1-2H3,(H,11,12);1-4H3;4H,3H2,1-2H3;6-7H,1-3H3;1-3H3,(H2,5,6,7);1-3H3,(H,5,6,7). The van der Waals surface area contributed by atoms with E-state index in [1.165, 1.54) is 53.1 Å². The van der Waals surface area contributed by atoms with E-state index < -0.39 is 40.7 Å². The van der Waals surface area contributed by atoms with E-state index >= 15 is 0 Å². The molecule has 0 saturated heterocycles. The number of nitrogens with zero attached hydrogens (tertiary/aromatic N) is 11. The number of ketones is 2. The van der Waals surface area contributed by atoms with E-state index in [9.17, 15) is 27.4 Å². The summed E-state index contributed by atoms with van der Waals surface area (Å²) in [4.78, 5) is 53.5. The van der Waals surface area contributed by atoms with Gasteiger partial charge in [0.1, 0.15) is 18.2 Å². The van der Waals surface area contributed by atoms with Gasteiger partial charge in [-0.2, -0.15) is 18.3 Å². The number of rotatable bonds is 7. The maximum Gasteiger partial charge on any atom is 0.457 e. The number of aromatic nitrogens is 8. The number of hydrogen-bond donors (Lipinski definition) is 6. The van der Waals surface area contributed by atoms with Gasteiger partial charge in [-0.3, -0.25) is 23.5 Å². The highest BCUT2D eigenvalue weighted by Gasteiger charge is 2.32. The van der Waals surface area contributed by atoms with Crippen LogP contribution in [0, 0.1) is 11.3 Å². The number of carboxylic acid groups (broad SMARTS) is 1. The second-order valence-corrected chi connectivity index (χ2v) is 23.3. The molecule has 0 atom stereocenters. The zero-order chi connectivity index (χ0) is 50.4. The molecule has 0 spiro atoms. The van der Waals surface area contributed by atoms with Gasteiger partial charge < -0.3 is 24.9 Å². The first-order valence-electron chi connectivity index (χ1n) is 19.5. The van der Waals surface area contributed by atoms with E-state index in [1.54, 1.807) is 27.7 Å². The van der Waals surface area contributed by atoms with Gasteiger partial charge in [0.2, 0.25) is 0 Å². The van der Waals surface area contributed by atoms with E-state index in [1.807, 2.05) is 48.5 Å². The van der Waals surface area contributed by atoms with Crippen molar-refractivity contribution in [1.82, 2.24) is 40.4 Å². The number of aliphatic imine (C=N–C) groups is 1. The average molecular weight is 928 g/mol. The van der Waals surface area contributed by atoms with Crippen LogP contribution in [0.15, 0.2) is 15.2 Å². The lowest BCUT2D eigenvalue weighted by atomic mass is 9.62. The molecule has 0 aliphatic carbocycles. The Bertz CT molecular complexity index is 1850. The van der Waals surface area contributed by atoms with Crippen molar-refractivity contribution in [3.05, 3.63) is 11.6 Å². The van der Waals surface area contributed by atoms with Crippen molar-refractivity contribution in [3.8, 4) is 0 Å². The van der Waals surface area contributed by atoms with Gasteiger partial charge >= 0.3 is 20.7 Å². The van der Waals surface area contributed by atoms with Crippen molar-refractivity contribution in [1.29, 1.82) is 0 Å². The van der Waals surface area contributed by atoms with Crippen LogP contribution in [0.25, 0.3) is 0 Å². The molecule has 3 rings (SSSR count). The maximum absolute atomic E-state index is 10.8. The molecule has 2 aromatic heterocycles. The van der Waals surface area contributed by atoms with E-state index in [0.29, 0.717) is 18.4 Å². The van der Waals surface area contributed by atoms with Crippen molar-refractivity contribution in [2.75, 3.05) is 6.67 Å². The first-order valence-corrected chi connectivity index (χ1v) is 22.5. The number of carboxylic acids is 1. The van der Waals surface area contributed by atoms with Gasteiger partial charge in [0.05, 0.1) is 9.90 Å². The van der Waals surface area contributed by atoms with Crippen LogP contribution < -0.4 is 0 Å². The number of Topliss-reactive ketones (excluding diaryl/α,β-unsaturated/α-hetero) is 2. The molecule has 2 aromatic rings. The molecule has 0 unspecified atom stereocenters. The van der Waals surface area contributed by atoms with Crippen LogP contribution in [0.5, 0.6) is 0 Å². The van der Waals surface area contributed by atoms with Crippen LogP contribution in [0.4, 0.5) is 0 Å². The highest BCUT2D eigenvalue weighted by molar-refractivity contribution is 7.87. The van der Waals surface area contributed by atoms with Crippen molar-refractivity contribution >= 4 is 48.2 Å². The molecule has 62 heavy (non-hydrogen) atoms. The Morgan fingerprint density at radius 1 is 0.790 bits per heavy atom. The monoisotopic (exact) mass is 928 g/mol. The van der Waals surface area contributed by atoms with Gasteiger partial charge in [0.15, 0.2) is 30.6 Å². The molecule has 6 N–H and O–H groups in total. The normalized spacial score (nSPS) is 12.6. The van der Waals surface area contributed by atoms with Crippen LogP contribution in [0.2, 0.25) is 5.31 Å². The Kier molecular flexibility index (Phi) is 29.4. The van der Waals surface area contributed by atoms with Gasteiger partial charge in [-0.15, -0.1) is 20.4 Å². The summed E-state index contributed by atoms with van der Waals surface area (Å²) >= 11 is 0. The predicted octanol–water partition coefficient (Wildman–Crippen LogP) is 5.25. The Labute approximate surface area is 368 Å². The van der Waals surface area contributed by atoms with Crippen LogP contribution in [-0.4, -0.2) is 125 Å². The molecule has 23 nitrogen and oxygen atoms in total. The molecule has 26 heteroatoms. The van der Waals surface area contributed by atoms with Crippen LogP contribution in [0.3, 0.4) is 0 Å². The number of carbonyl (C=O) groups excluding carboxylic acids is 2. The van der Waals surface area contributed by atoms with Gasteiger partial charge in [-0.05, 0) is 76.3 Å². The molecular weight excluding hydrogens is 852 g/mol. The number of amidine groups is 1. The maximum atomic E-state index is 10.8. The summed E-state index contributed by atoms with van der Waals surface area (Å²) in [7, 11) is -8.89. The Hall–Kier alpha value is -3.74. The zero-order valence-corrected chi connectivity index (χ0v) is 42.0. The fourth-order valence-corrected chi connectivity index (χ4v) is 2.16. The highest BCUT2D eigenvalue weighted by atomic mass is 32.2. The van der Waals surface area contributed by atoms with Crippen molar-refractivity contribution in [3.63, 3.8) is 0 Å². The second kappa shape index (κ2) is 28.1. The topological polar surface area (TPSA) is 348 Å². The van der Waals surface area contributed by atoms with Crippen molar-refractivity contribution in [2.45, 2.75) is 179 Å². The molecule has 0 radical (unpaired) electrons. The van der Waals surface area contributed by atoms with Gasteiger partial charge in [-0.1, -0.05) is 83.1 Å². The van der Waals surface area contributed by atoms with E-state index in [-0.39, 0.29) is 47.2 Å². The quantitative estimate of drug-likeness (QED) is 0.117. The van der Waals surface area contributed by atoms with Gasteiger partial charge in [-0.25, -0.2) is 9.67 Å². The third-order valence-corrected chi connectivity index (χ3v) is 10.5. The minimum absolute atomic E-state index is 0.0594. The van der Waals surface area contributed by atoms with Gasteiger partial charge in [0.25, 0.3) is 10.1 Å². The lowest BCUT2D eigenvalue weighted by molar-refractivity contribution is -0.138. The van der Waals surface area contributed by atoms with E-state index in [0.717, 1.165) is 16.5 Å². The Morgan fingerprint density at radius 2 is 1.21 bits per heavy atom. The molecular formula is C36H75BN11O12PS. The molecule has 1 aliphatic heterocycles. The largest absolute Gasteiger partial charge is 0.480 e. The fourth-order valence-electron chi connectivity index (χ4n) is 2.16. The third kappa shape index (κ3) is 32.9. The highest BCUT2D eigenvalue weighted by Crippen LogP contribution is 2.49. The number of carbonyl (C=O) groups is 3. The zero-order valence-electron chi connectivity index (χ0n) is 40.3. The smallest absolute Gasteiger partial charge is 0.457 e. The summed E-state index contributed by atoms with van der Waals surface area (Å²) in [5.74, 6) is 2.39. The fraction of sp³-hybridized carbons (Fsp3) is 0.833. The lowest BCUT2D eigenvalue weighted by Crippen LogP contribution is -2.26. The number of tetrazole rings is 2. The van der Waals surface area contributed by atoms with E-state index in [2.05, 4.69) is 60.0 Å². The Balaban J connectivity index is -0.000000321. The van der Waals surface area contributed by atoms with Crippen molar-refractivity contribution in [2.24, 2.45) is 26.6 Å². The van der Waals surface area contributed by atoms with E-state index in [4.69, 9.17) is 29.5 Å². The summed E-state index contributed by atoms with van der Waals surface area (Å²) in [6, 6.07) is 0. The van der Waals surface area contributed by atoms with Crippen molar-refractivity contribution < 1.29 is 56.9 Å². The molecule has 3 heterocycles. The number of azo groups is 1. The summed E-state index contributed by atoms with van der Waals surface area (Å²) in [6.07, 6.45) is 0. The average Bonchev–Trinajstić information content (AvgIpc) is 3.83. The first-order chi connectivity index (χ1) is 27.4. The molecule has 0 fully saturated rings. The number of aliphatic carboxylic acids is 1. The third-order valence-electron chi connectivity index (χ3n) is 7.17. The molecule has 0 aromatic carbocycles. The molecule has 0 amide bonds. The summed E-state index contributed by atoms with van der Waals surface area (Å²) in [5.41, 5.74) is -0.139. The summed E-state index contributed by atoms with van der Waals surface area (Å²) in [5, 5.41) is 53.7. The minimum Gasteiger partial charge on any atom is -0.480 e. The van der Waals surface area contributed by atoms with Crippen LogP contribution >= 0.6 is 7.60 Å². The van der Waals surface area contributed by atoms with Crippen LogP contribution in [0.1, 0.15) is 162 Å². The Morgan fingerprint density at radius 3 is 1.42 bits per heavy atom. The molecule has 0 bridgehead atoms. The number of hydrogen-bond acceptors (Lipinski definition) is 17. The predicted molar refractivity (Wildman–Crippen MR) is 237 cm³/mol.